The molecule has 0 aliphatic heterocycles. The molecule has 1 aromatic heterocycles. The largest absolute Gasteiger partial charge is 0.364 e. The van der Waals surface area contributed by atoms with Gasteiger partial charge < -0.3 is 5.73 Å². The van der Waals surface area contributed by atoms with Crippen molar-refractivity contribution >= 4 is 21.8 Å². The molecule has 1 aromatic rings. The van der Waals surface area contributed by atoms with Gasteiger partial charge in [0.2, 0.25) is 0 Å². The van der Waals surface area contributed by atoms with Gasteiger partial charge in [-0.05, 0) is 5.16 Å². The highest BCUT2D eigenvalue weighted by atomic mass is 79.9. The van der Waals surface area contributed by atoms with Gasteiger partial charge in [-0.1, -0.05) is 21.1 Å². The molecule has 54 valence electrons. The predicted molar refractivity (Wildman–Crippen MR) is 35.4 cm³/mol. The lowest BCUT2D eigenvalue weighted by atomic mass is 10.3. The van der Waals surface area contributed by atoms with Gasteiger partial charge in [0.15, 0.2) is 5.69 Å². The number of alkyl halides is 1. The lowest BCUT2D eigenvalue weighted by Crippen LogP contribution is -2.13. The highest BCUT2D eigenvalue weighted by molar-refractivity contribution is 9.08. The quantitative estimate of drug-likeness (QED) is 0.693. The number of rotatable bonds is 2. The molecule has 0 spiro atoms. The fraction of sp³-hybridized carbons (Fsp3) is 0.250. The third kappa shape index (κ3) is 1.15. The SMILES string of the molecule is NC(=O)c1nonc1CBr. The molecule has 1 heterocycles. The minimum Gasteiger partial charge on any atom is -0.364 e. The number of carbonyl (C=O) groups excluding carboxylic acids is 1. The maximum Gasteiger partial charge on any atom is 0.272 e. The number of aromatic nitrogens is 2. The number of nitrogens with zero attached hydrogens (tertiary/aromatic N) is 2. The standard InChI is InChI=1S/C4H4BrN3O2/c5-1-2-3(4(6)9)8-10-7-2/h1H2,(H2,6,9). The van der Waals surface area contributed by atoms with E-state index >= 15 is 0 Å². The number of primary amides is 1. The van der Waals surface area contributed by atoms with Gasteiger partial charge in [-0.3, -0.25) is 4.79 Å². The zero-order valence-electron chi connectivity index (χ0n) is 4.87. The van der Waals surface area contributed by atoms with E-state index in [0.717, 1.165) is 0 Å². The molecule has 6 heteroatoms. The van der Waals surface area contributed by atoms with Crippen LogP contribution in [0.4, 0.5) is 0 Å². The Morgan fingerprint density at radius 2 is 2.40 bits per heavy atom. The monoisotopic (exact) mass is 205 g/mol. The molecule has 1 amide bonds. The predicted octanol–water partition coefficient (Wildman–Crippen LogP) is 0.0634. The van der Waals surface area contributed by atoms with Crippen LogP contribution in [-0.4, -0.2) is 16.2 Å². The van der Waals surface area contributed by atoms with Gasteiger partial charge in [0.05, 0.1) is 5.33 Å². The van der Waals surface area contributed by atoms with Gasteiger partial charge in [-0.15, -0.1) is 0 Å². The van der Waals surface area contributed by atoms with Crippen molar-refractivity contribution in [3.63, 3.8) is 0 Å². The molecule has 0 fully saturated rings. The molecule has 0 bridgehead atoms. The second kappa shape index (κ2) is 2.78. The van der Waals surface area contributed by atoms with Crippen LogP contribution in [0.25, 0.3) is 0 Å². The summed E-state index contributed by atoms with van der Waals surface area (Å²) in [5, 5.41) is 7.13. The minimum atomic E-state index is -0.629. The fourth-order valence-electron chi connectivity index (χ4n) is 0.481. The third-order valence-electron chi connectivity index (χ3n) is 0.916. The number of hydrogen-bond acceptors (Lipinski definition) is 4. The van der Waals surface area contributed by atoms with Crippen LogP contribution in [0.1, 0.15) is 16.2 Å². The van der Waals surface area contributed by atoms with E-state index in [0.29, 0.717) is 11.0 Å². The Kier molecular flexibility index (Phi) is 2.00. The van der Waals surface area contributed by atoms with Gasteiger partial charge >= 0.3 is 0 Å². The van der Waals surface area contributed by atoms with Crippen LogP contribution < -0.4 is 5.73 Å². The van der Waals surface area contributed by atoms with Gasteiger partial charge in [0, 0.05) is 0 Å². The molecule has 5 nitrogen and oxygen atoms in total. The van der Waals surface area contributed by atoms with Crippen molar-refractivity contribution in [3.05, 3.63) is 11.4 Å². The zero-order chi connectivity index (χ0) is 7.56. The first-order valence-corrected chi connectivity index (χ1v) is 3.55. The highest BCUT2D eigenvalue weighted by Gasteiger charge is 2.12. The van der Waals surface area contributed by atoms with Crippen molar-refractivity contribution < 1.29 is 9.42 Å². The van der Waals surface area contributed by atoms with Crippen LogP contribution in [0.5, 0.6) is 0 Å². The Bertz CT molecular complexity index is 246. The van der Waals surface area contributed by atoms with Crippen molar-refractivity contribution in [1.29, 1.82) is 0 Å². The summed E-state index contributed by atoms with van der Waals surface area (Å²) in [6.07, 6.45) is 0. The molecule has 0 radical (unpaired) electrons. The maximum absolute atomic E-state index is 10.5. The van der Waals surface area contributed by atoms with Crippen molar-refractivity contribution in [2.75, 3.05) is 0 Å². The first-order valence-electron chi connectivity index (χ1n) is 2.43. The number of nitrogens with two attached hydrogens (primary N) is 1. The molecule has 0 aromatic carbocycles. The molecule has 1 rings (SSSR count). The van der Waals surface area contributed by atoms with Crippen LogP contribution in [0.3, 0.4) is 0 Å². The van der Waals surface area contributed by atoms with Crippen LogP contribution >= 0.6 is 15.9 Å². The lowest BCUT2D eigenvalue weighted by molar-refractivity contribution is 0.0990. The van der Waals surface area contributed by atoms with Crippen LogP contribution in [-0.2, 0) is 5.33 Å². The van der Waals surface area contributed by atoms with Crippen molar-refractivity contribution in [3.8, 4) is 0 Å². The maximum atomic E-state index is 10.5. The van der Waals surface area contributed by atoms with E-state index in [2.05, 4.69) is 30.9 Å². The van der Waals surface area contributed by atoms with E-state index in [1.165, 1.54) is 0 Å². The van der Waals surface area contributed by atoms with Gasteiger partial charge in [0.1, 0.15) is 5.69 Å². The summed E-state index contributed by atoms with van der Waals surface area (Å²) in [5.74, 6) is -0.629. The summed E-state index contributed by atoms with van der Waals surface area (Å²) in [7, 11) is 0. The average Bonchev–Trinajstić information content (AvgIpc) is 2.33. The van der Waals surface area contributed by atoms with Crippen molar-refractivity contribution in [2.45, 2.75) is 5.33 Å². The second-order valence-corrected chi connectivity index (χ2v) is 2.12. The Hall–Kier alpha value is -0.910. The smallest absolute Gasteiger partial charge is 0.272 e. The lowest BCUT2D eigenvalue weighted by Gasteiger charge is -1.84. The molecule has 0 unspecified atom stereocenters. The first kappa shape index (κ1) is 7.20. The molecule has 0 saturated heterocycles. The molecule has 10 heavy (non-hydrogen) atoms. The summed E-state index contributed by atoms with van der Waals surface area (Å²) in [5.41, 5.74) is 5.42. The van der Waals surface area contributed by atoms with Gasteiger partial charge in [-0.2, -0.15) is 0 Å². The topological polar surface area (TPSA) is 82.0 Å². The molecule has 0 aliphatic rings. The summed E-state index contributed by atoms with van der Waals surface area (Å²) in [6.45, 7) is 0. The number of halogens is 1. The molecular weight excluding hydrogens is 202 g/mol. The van der Waals surface area contributed by atoms with E-state index in [1.54, 1.807) is 0 Å². The summed E-state index contributed by atoms with van der Waals surface area (Å²) >= 11 is 3.09. The highest BCUT2D eigenvalue weighted by Crippen LogP contribution is 2.05. The number of carbonyl (C=O) groups is 1. The molecule has 0 saturated carbocycles. The molecule has 0 aliphatic carbocycles. The van der Waals surface area contributed by atoms with E-state index < -0.39 is 5.91 Å². The average molecular weight is 206 g/mol. The first-order chi connectivity index (χ1) is 4.75. The zero-order valence-corrected chi connectivity index (χ0v) is 6.46. The van der Waals surface area contributed by atoms with Crippen LogP contribution in [0, 0.1) is 0 Å². The van der Waals surface area contributed by atoms with E-state index in [1.807, 2.05) is 0 Å². The van der Waals surface area contributed by atoms with E-state index in [-0.39, 0.29) is 5.69 Å². The van der Waals surface area contributed by atoms with Gasteiger partial charge in [-0.25, -0.2) is 4.63 Å². The Morgan fingerprint density at radius 1 is 1.70 bits per heavy atom. The van der Waals surface area contributed by atoms with Gasteiger partial charge in [0.25, 0.3) is 5.91 Å². The molecule has 0 atom stereocenters. The summed E-state index contributed by atoms with van der Waals surface area (Å²) < 4.78 is 4.27. The van der Waals surface area contributed by atoms with Crippen molar-refractivity contribution in [2.24, 2.45) is 5.73 Å². The fourth-order valence-corrected chi connectivity index (χ4v) is 0.849. The Morgan fingerprint density at radius 3 is 2.80 bits per heavy atom. The minimum absolute atomic E-state index is 0.0804. The Balaban J connectivity index is 3.01. The second-order valence-electron chi connectivity index (χ2n) is 1.56. The third-order valence-corrected chi connectivity index (χ3v) is 1.45. The summed E-state index contributed by atoms with van der Waals surface area (Å²) in [4.78, 5) is 10.5. The van der Waals surface area contributed by atoms with E-state index in [9.17, 15) is 4.79 Å². The normalized spacial score (nSPS) is 9.70. The van der Waals surface area contributed by atoms with Crippen molar-refractivity contribution in [1.82, 2.24) is 10.3 Å². The van der Waals surface area contributed by atoms with Crippen LogP contribution in [0.15, 0.2) is 4.63 Å². The van der Waals surface area contributed by atoms with E-state index in [4.69, 9.17) is 5.73 Å². The Labute approximate surface area is 64.7 Å². The molecular formula is C4H4BrN3O2. The van der Waals surface area contributed by atoms with Crippen LogP contribution in [0.2, 0.25) is 0 Å². The number of hydrogen-bond donors (Lipinski definition) is 1. The number of amides is 1. The molecule has 2 N–H and O–H groups in total. The summed E-state index contributed by atoms with van der Waals surface area (Å²) in [6, 6.07) is 0.